The maximum Gasteiger partial charge on any atom is 0.257 e. The van der Waals surface area contributed by atoms with Crippen LogP contribution < -0.4 is 15.8 Å². The van der Waals surface area contributed by atoms with Gasteiger partial charge in [0.25, 0.3) is 11.8 Å². The second kappa shape index (κ2) is 14.2. The van der Waals surface area contributed by atoms with Gasteiger partial charge in [0, 0.05) is 19.0 Å². The van der Waals surface area contributed by atoms with Crippen LogP contribution >= 0.6 is 23.7 Å². The number of halogens is 1. The van der Waals surface area contributed by atoms with Gasteiger partial charge in [0.2, 0.25) is 5.91 Å². The van der Waals surface area contributed by atoms with Crippen molar-refractivity contribution in [1.29, 1.82) is 0 Å². The standard InChI is InChI=1S/C31H40N6O5S.ClH/c1-18(2)26(24-15-25(36-42-24)41-13-7-5-6-12-32)29(39)37-16-22(38)14-23(37)28-34-30(40)31(4,35-28)21-10-8-20(9-11-21)27-19(3)33-17-43-27;/h8-11,15,17-18,22-23,26,38H,5-7,12-14,16,32H2,1-4H3,(H,34,35,40);1H/t22-,23?,26?,31+;/m1./s1. The predicted octanol–water partition coefficient (Wildman–Crippen LogP) is 4.18. The molecule has 2 aliphatic heterocycles. The van der Waals surface area contributed by atoms with E-state index in [1.54, 1.807) is 29.2 Å². The minimum atomic E-state index is -1.17. The van der Waals surface area contributed by atoms with E-state index in [1.165, 1.54) is 0 Å². The second-order valence-electron chi connectivity index (χ2n) is 11.8. The summed E-state index contributed by atoms with van der Waals surface area (Å²) in [5.74, 6) is -0.168. The van der Waals surface area contributed by atoms with Gasteiger partial charge in [-0.2, -0.15) is 0 Å². The Balaban J connectivity index is 0.00000442. The monoisotopic (exact) mass is 644 g/mol. The first kappa shape index (κ1) is 33.6. The van der Waals surface area contributed by atoms with Crippen molar-refractivity contribution >= 4 is 41.4 Å². The number of hydrogen-bond donors (Lipinski definition) is 3. The number of aryl methyl sites for hydroxylation is 1. The maximum atomic E-state index is 14.0. The van der Waals surface area contributed by atoms with Crippen LogP contribution in [-0.2, 0) is 15.1 Å². The van der Waals surface area contributed by atoms with E-state index in [0.717, 1.165) is 41.0 Å². The summed E-state index contributed by atoms with van der Waals surface area (Å²) in [4.78, 5) is 39.2. The minimum Gasteiger partial charge on any atom is -0.476 e. The summed E-state index contributed by atoms with van der Waals surface area (Å²) < 4.78 is 11.3. The topological polar surface area (TPSA) is 156 Å². The molecule has 2 aliphatic rings. The quantitative estimate of drug-likeness (QED) is 0.248. The highest BCUT2D eigenvalue weighted by atomic mass is 35.5. The SMILES string of the molecule is Cc1ncsc1-c1ccc([C@]2(C)N=C(C3C[C@@H](O)CN3C(=O)C(c3cc(OCCCCCN)no3)C(C)C)NC2=O)cc1.Cl. The summed E-state index contributed by atoms with van der Waals surface area (Å²) in [6.45, 7) is 8.86. The Kier molecular flexibility index (Phi) is 10.8. The van der Waals surface area contributed by atoms with Crippen LogP contribution in [0.4, 0.5) is 0 Å². The number of aromatic nitrogens is 2. The Morgan fingerprint density at radius 1 is 1.27 bits per heavy atom. The molecule has 44 heavy (non-hydrogen) atoms. The van der Waals surface area contributed by atoms with Crippen LogP contribution in [0.15, 0.2) is 45.4 Å². The van der Waals surface area contributed by atoms with Gasteiger partial charge < -0.3 is 30.3 Å². The number of ether oxygens (including phenoxy) is 1. The average molecular weight is 645 g/mol. The number of nitrogens with zero attached hydrogens (tertiary/aromatic N) is 4. The number of carbonyl (C=O) groups is 2. The van der Waals surface area contributed by atoms with Gasteiger partial charge in [0.1, 0.15) is 11.8 Å². The number of unbranched alkanes of at least 4 members (excludes halogenated alkanes) is 2. The number of thiazole rings is 1. The molecule has 0 aliphatic carbocycles. The molecule has 0 bridgehead atoms. The normalized spacial score (nSPS) is 22.1. The number of benzene rings is 1. The van der Waals surface area contributed by atoms with Crippen molar-refractivity contribution in [2.24, 2.45) is 16.6 Å². The molecule has 11 nitrogen and oxygen atoms in total. The van der Waals surface area contributed by atoms with Gasteiger partial charge in [-0.1, -0.05) is 38.1 Å². The molecule has 1 aromatic carbocycles. The summed E-state index contributed by atoms with van der Waals surface area (Å²) in [6, 6.07) is 8.83. The lowest BCUT2D eigenvalue weighted by atomic mass is 9.91. The van der Waals surface area contributed by atoms with E-state index < -0.39 is 23.6 Å². The van der Waals surface area contributed by atoms with Crippen LogP contribution in [0.25, 0.3) is 10.4 Å². The number of β-amino-alcohol motifs (C(OH)–C–C–N with tert-alkyl or cyclic N) is 1. The van der Waals surface area contributed by atoms with Crippen molar-refractivity contribution in [1.82, 2.24) is 20.4 Å². The number of aliphatic imine (C=N–C) groups is 1. The van der Waals surface area contributed by atoms with E-state index in [9.17, 15) is 14.7 Å². The molecule has 4 heterocycles. The van der Waals surface area contributed by atoms with Crippen molar-refractivity contribution in [3.05, 3.63) is 52.9 Å². The molecule has 1 fully saturated rings. The first-order chi connectivity index (χ1) is 20.6. The molecule has 0 spiro atoms. The molecule has 2 aromatic heterocycles. The zero-order chi connectivity index (χ0) is 30.7. The summed E-state index contributed by atoms with van der Waals surface area (Å²) in [7, 11) is 0. The lowest BCUT2D eigenvalue weighted by Gasteiger charge is -2.29. The zero-order valence-electron chi connectivity index (χ0n) is 25.5. The summed E-state index contributed by atoms with van der Waals surface area (Å²) in [5, 5.41) is 17.6. The van der Waals surface area contributed by atoms with Crippen LogP contribution in [0.2, 0.25) is 0 Å². The molecule has 3 aromatic rings. The fourth-order valence-corrected chi connectivity index (χ4v) is 6.57. The highest BCUT2D eigenvalue weighted by molar-refractivity contribution is 7.13. The van der Waals surface area contributed by atoms with Crippen LogP contribution in [0.1, 0.15) is 69.4 Å². The molecular formula is C31H41ClN6O5S. The van der Waals surface area contributed by atoms with Crippen molar-refractivity contribution in [3.8, 4) is 16.3 Å². The molecule has 4 N–H and O–H groups in total. The Morgan fingerprint density at radius 3 is 2.68 bits per heavy atom. The van der Waals surface area contributed by atoms with Crippen molar-refractivity contribution in [2.75, 3.05) is 19.7 Å². The largest absolute Gasteiger partial charge is 0.476 e. The molecule has 0 saturated carbocycles. The number of nitrogens with two attached hydrogens (primary N) is 1. The first-order valence-electron chi connectivity index (χ1n) is 14.8. The van der Waals surface area contributed by atoms with Crippen molar-refractivity contribution in [3.63, 3.8) is 0 Å². The highest BCUT2D eigenvalue weighted by Crippen LogP contribution is 2.36. The number of amidine groups is 1. The number of likely N-dealkylation sites (tertiary alicyclic amines) is 1. The Hall–Kier alpha value is -3.32. The average Bonchev–Trinajstić information content (AvgIpc) is 3.76. The number of nitrogens with one attached hydrogen (secondary N) is 1. The van der Waals surface area contributed by atoms with E-state index in [-0.39, 0.29) is 43.1 Å². The van der Waals surface area contributed by atoms with E-state index in [2.05, 4.69) is 15.5 Å². The number of carbonyl (C=O) groups excluding carboxylic acids is 2. The molecule has 0 radical (unpaired) electrons. The fourth-order valence-electron chi connectivity index (χ4n) is 5.75. The van der Waals surface area contributed by atoms with Gasteiger partial charge in [-0.3, -0.25) is 9.59 Å². The first-order valence-corrected chi connectivity index (χ1v) is 15.7. The lowest BCUT2D eigenvalue weighted by molar-refractivity contribution is -0.134. The predicted molar refractivity (Wildman–Crippen MR) is 171 cm³/mol. The third kappa shape index (κ3) is 6.83. The molecule has 5 rings (SSSR count). The second-order valence-corrected chi connectivity index (χ2v) is 12.6. The summed E-state index contributed by atoms with van der Waals surface area (Å²) in [5.41, 5.74) is 8.91. The van der Waals surface area contributed by atoms with Gasteiger partial charge in [-0.15, -0.1) is 23.7 Å². The minimum absolute atomic E-state index is 0. The molecule has 2 amide bonds. The Morgan fingerprint density at radius 2 is 2.02 bits per heavy atom. The number of hydrogen-bond acceptors (Lipinski definition) is 10. The zero-order valence-corrected chi connectivity index (χ0v) is 27.1. The van der Waals surface area contributed by atoms with Gasteiger partial charge in [0.05, 0.1) is 34.8 Å². The number of aliphatic hydroxyl groups is 1. The van der Waals surface area contributed by atoms with E-state index in [0.29, 0.717) is 30.6 Å². The van der Waals surface area contributed by atoms with E-state index in [1.807, 2.05) is 50.5 Å². The molecule has 1 saturated heterocycles. The highest BCUT2D eigenvalue weighted by Gasteiger charge is 2.48. The van der Waals surface area contributed by atoms with Gasteiger partial charge in [-0.05, 0) is 61.9 Å². The van der Waals surface area contributed by atoms with Gasteiger partial charge in [0.15, 0.2) is 11.3 Å². The number of amides is 2. The third-order valence-corrected chi connectivity index (χ3v) is 9.18. The van der Waals surface area contributed by atoms with Crippen LogP contribution in [-0.4, -0.2) is 69.6 Å². The molecule has 4 atom stereocenters. The maximum absolute atomic E-state index is 14.0. The fraction of sp³-hybridized carbons (Fsp3) is 0.516. The van der Waals surface area contributed by atoms with Crippen molar-refractivity contribution in [2.45, 2.75) is 77.0 Å². The van der Waals surface area contributed by atoms with Gasteiger partial charge >= 0.3 is 0 Å². The van der Waals surface area contributed by atoms with Crippen LogP contribution in [0.3, 0.4) is 0 Å². The summed E-state index contributed by atoms with van der Waals surface area (Å²) >= 11 is 1.57. The molecular weight excluding hydrogens is 604 g/mol. The number of aliphatic hydroxyl groups excluding tert-OH is 1. The van der Waals surface area contributed by atoms with Gasteiger partial charge in [-0.25, -0.2) is 9.98 Å². The van der Waals surface area contributed by atoms with Crippen LogP contribution in [0, 0.1) is 12.8 Å². The molecule has 2 unspecified atom stereocenters. The third-order valence-electron chi connectivity index (χ3n) is 8.20. The lowest BCUT2D eigenvalue weighted by Crippen LogP contribution is -2.48. The Bertz CT molecular complexity index is 1470. The van der Waals surface area contributed by atoms with Crippen LogP contribution in [0.5, 0.6) is 5.88 Å². The molecule has 238 valence electrons. The van der Waals surface area contributed by atoms with E-state index in [4.69, 9.17) is 20.0 Å². The van der Waals surface area contributed by atoms with E-state index >= 15 is 0 Å². The number of rotatable bonds is 12. The Labute approximate surface area is 267 Å². The van der Waals surface area contributed by atoms with Crippen molar-refractivity contribution < 1.29 is 24.0 Å². The molecule has 13 heteroatoms. The summed E-state index contributed by atoms with van der Waals surface area (Å²) in [6.07, 6.45) is 2.26. The smallest absolute Gasteiger partial charge is 0.257 e.